The topological polar surface area (TPSA) is 76.0 Å². The van der Waals surface area contributed by atoms with Gasteiger partial charge in [-0.3, -0.25) is 4.68 Å². The first kappa shape index (κ1) is 13.1. The van der Waals surface area contributed by atoms with E-state index in [1.54, 1.807) is 6.20 Å². The Morgan fingerprint density at radius 1 is 1.44 bits per heavy atom. The average Bonchev–Trinajstić information content (AvgIpc) is 2.63. The number of sulfonamides is 1. The minimum atomic E-state index is -3.08. The molecule has 0 saturated heterocycles. The first-order chi connectivity index (χ1) is 7.47. The summed E-state index contributed by atoms with van der Waals surface area (Å²) in [4.78, 5) is 0. The van der Waals surface area contributed by atoms with Crippen molar-refractivity contribution in [3.05, 3.63) is 18.5 Å². The second-order valence-electron chi connectivity index (χ2n) is 3.75. The van der Waals surface area contributed by atoms with Crippen LogP contribution in [0, 0.1) is 0 Å². The SMILES string of the molecule is CC(Cn1cccn1)NCCNS(C)(=O)=O. The Labute approximate surface area is 96.1 Å². The lowest BCUT2D eigenvalue weighted by Gasteiger charge is -2.13. The molecule has 1 rings (SSSR count). The number of nitrogens with one attached hydrogen (secondary N) is 2. The van der Waals surface area contributed by atoms with Crippen molar-refractivity contribution in [1.82, 2.24) is 19.8 Å². The molecule has 7 heteroatoms. The third-order valence-electron chi connectivity index (χ3n) is 2.00. The van der Waals surface area contributed by atoms with Crippen LogP contribution in [0.1, 0.15) is 6.92 Å². The first-order valence-electron chi connectivity index (χ1n) is 5.13. The molecular formula is C9H18N4O2S. The molecule has 16 heavy (non-hydrogen) atoms. The zero-order chi connectivity index (χ0) is 12.0. The summed E-state index contributed by atoms with van der Waals surface area (Å²) in [6, 6.07) is 2.12. The van der Waals surface area contributed by atoms with Gasteiger partial charge in [0.15, 0.2) is 0 Å². The lowest BCUT2D eigenvalue weighted by atomic mass is 10.3. The standard InChI is InChI=1S/C9H18N4O2S/c1-9(8-13-7-3-4-11-13)10-5-6-12-16(2,14)15/h3-4,7,9-10,12H,5-6,8H2,1-2H3. The number of aromatic nitrogens is 2. The van der Waals surface area contributed by atoms with Crippen molar-refractivity contribution in [2.24, 2.45) is 0 Å². The Morgan fingerprint density at radius 3 is 2.75 bits per heavy atom. The van der Waals surface area contributed by atoms with Gasteiger partial charge in [-0.05, 0) is 13.0 Å². The summed E-state index contributed by atoms with van der Waals surface area (Å²) in [6.45, 7) is 3.81. The van der Waals surface area contributed by atoms with Crippen molar-refractivity contribution in [3.63, 3.8) is 0 Å². The van der Waals surface area contributed by atoms with E-state index in [0.29, 0.717) is 13.1 Å². The summed E-state index contributed by atoms with van der Waals surface area (Å²) in [5.41, 5.74) is 0. The highest BCUT2D eigenvalue weighted by atomic mass is 32.2. The molecule has 0 spiro atoms. The Bertz CT molecular complexity index is 388. The lowest BCUT2D eigenvalue weighted by molar-refractivity contribution is 0.453. The fraction of sp³-hybridized carbons (Fsp3) is 0.667. The van der Waals surface area contributed by atoms with Crippen LogP contribution in [0.25, 0.3) is 0 Å². The zero-order valence-corrected chi connectivity index (χ0v) is 10.4. The molecule has 0 aliphatic heterocycles. The van der Waals surface area contributed by atoms with Crippen LogP contribution in [0.3, 0.4) is 0 Å². The Morgan fingerprint density at radius 2 is 2.19 bits per heavy atom. The van der Waals surface area contributed by atoms with Gasteiger partial charge in [0.05, 0.1) is 12.8 Å². The first-order valence-corrected chi connectivity index (χ1v) is 7.02. The molecule has 1 aromatic heterocycles. The molecule has 92 valence electrons. The smallest absolute Gasteiger partial charge is 0.208 e. The Balaban J connectivity index is 2.14. The van der Waals surface area contributed by atoms with Crippen LogP contribution >= 0.6 is 0 Å². The fourth-order valence-electron chi connectivity index (χ4n) is 1.31. The van der Waals surface area contributed by atoms with Gasteiger partial charge < -0.3 is 5.32 Å². The van der Waals surface area contributed by atoms with Crippen LogP contribution in [-0.4, -0.2) is 43.6 Å². The average molecular weight is 246 g/mol. The molecule has 1 heterocycles. The van der Waals surface area contributed by atoms with Crippen LogP contribution in [0.5, 0.6) is 0 Å². The molecule has 0 fully saturated rings. The molecule has 0 aliphatic carbocycles. The highest BCUT2D eigenvalue weighted by Gasteiger charge is 2.03. The zero-order valence-electron chi connectivity index (χ0n) is 9.55. The number of nitrogens with zero attached hydrogens (tertiary/aromatic N) is 2. The molecule has 1 aromatic rings. The van der Waals surface area contributed by atoms with Crippen molar-refractivity contribution >= 4 is 10.0 Å². The van der Waals surface area contributed by atoms with Gasteiger partial charge in [-0.15, -0.1) is 0 Å². The fourth-order valence-corrected chi connectivity index (χ4v) is 1.78. The van der Waals surface area contributed by atoms with Crippen LogP contribution in [0.2, 0.25) is 0 Å². The van der Waals surface area contributed by atoms with Gasteiger partial charge in [0.1, 0.15) is 0 Å². The van der Waals surface area contributed by atoms with Crippen molar-refractivity contribution in [3.8, 4) is 0 Å². The minimum Gasteiger partial charge on any atom is -0.311 e. The summed E-state index contributed by atoms with van der Waals surface area (Å²) in [5, 5.41) is 7.29. The van der Waals surface area contributed by atoms with E-state index in [2.05, 4.69) is 15.1 Å². The van der Waals surface area contributed by atoms with E-state index in [-0.39, 0.29) is 6.04 Å². The highest BCUT2D eigenvalue weighted by Crippen LogP contribution is 1.89. The molecular weight excluding hydrogens is 228 g/mol. The summed E-state index contributed by atoms with van der Waals surface area (Å²) in [7, 11) is -3.08. The largest absolute Gasteiger partial charge is 0.311 e. The second kappa shape index (κ2) is 5.97. The molecule has 0 bridgehead atoms. The number of hydrogen-bond acceptors (Lipinski definition) is 4. The Kier molecular flexibility index (Phi) is 4.91. The van der Waals surface area contributed by atoms with Gasteiger partial charge in [-0.25, -0.2) is 13.1 Å². The molecule has 1 unspecified atom stereocenters. The van der Waals surface area contributed by atoms with Gasteiger partial charge >= 0.3 is 0 Å². The van der Waals surface area contributed by atoms with E-state index in [9.17, 15) is 8.42 Å². The summed E-state index contributed by atoms with van der Waals surface area (Å²) in [5.74, 6) is 0. The third-order valence-corrected chi connectivity index (χ3v) is 2.73. The quantitative estimate of drug-likeness (QED) is 0.631. The van der Waals surface area contributed by atoms with Gasteiger partial charge in [0.25, 0.3) is 0 Å². The predicted octanol–water partition coefficient (Wildman–Crippen LogP) is -0.590. The highest BCUT2D eigenvalue weighted by molar-refractivity contribution is 7.88. The number of rotatable bonds is 7. The van der Waals surface area contributed by atoms with Crippen molar-refractivity contribution in [2.75, 3.05) is 19.3 Å². The Hall–Kier alpha value is -0.920. The van der Waals surface area contributed by atoms with Gasteiger partial charge in [-0.1, -0.05) is 0 Å². The maximum atomic E-state index is 10.8. The summed E-state index contributed by atoms with van der Waals surface area (Å²) >= 11 is 0. The van der Waals surface area contributed by atoms with Gasteiger partial charge in [-0.2, -0.15) is 5.10 Å². The minimum absolute atomic E-state index is 0.251. The summed E-state index contributed by atoms with van der Waals surface area (Å²) < 4.78 is 25.8. The maximum absolute atomic E-state index is 10.8. The summed E-state index contributed by atoms with van der Waals surface area (Å²) in [6.07, 6.45) is 4.78. The molecule has 0 radical (unpaired) electrons. The van der Waals surface area contributed by atoms with E-state index >= 15 is 0 Å². The monoisotopic (exact) mass is 246 g/mol. The molecule has 0 aromatic carbocycles. The van der Waals surface area contributed by atoms with Crippen molar-refractivity contribution < 1.29 is 8.42 Å². The molecule has 1 atom stereocenters. The van der Waals surface area contributed by atoms with E-state index in [1.165, 1.54) is 0 Å². The maximum Gasteiger partial charge on any atom is 0.208 e. The van der Waals surface area contributed by atoms with E-state index in [4.69, 9.17) is 0 Å². The molecule has 0 saturated carbocycles. The second-order valence-corrected chi connectivity index (χ2v) is 5.58. The van der Waals surface area contributed by atoms with E-state index in [0.717, 1.165) is 12.8 Å². The third kappa shape index (κ3) is 5.84. The molecule has 6 nitrogen and oxygen atoms in total. The van der Waals surface area contributed by atoms with Gasteiger partial charge in [0, 0.05) is 31.5 Å². The van der Waals surface area contributed by atoms with Crippen LogP contribution in [-0.2, 0) is 16.6 Å². The normalized spacial score (nSPS) is 13.9. The van der Waals surface area contributed by atoms with Crippen LogP contribution in [0.4, 0.5) is 0 Å². The predicted molar refractivity (Wildman–Crippen MR) is 62.5 cm³/mol. The van der Waals surface area contributed by atoms with Crippen molar-refractivity contribution in [2.45, 2.75) is 19.5 Å². The van der Waals surface area contributed by atoms with Crippen molar-refractivity contribution in [1.29, 1.82) is 0 Å². The van der Waals surface area contributed by atoms with E-state index < -0.39 is 10.0 Å². The molecule has 0 aliphatic rings. The number of hydrogen-bond donors (Lipinski definition) is 2. The van der Waals surface area contributed by atoms with Crippen LogP contribution < -0.4 is 10.0 Å². The molecule has 0 amide bonds. The lowest BCUT2D eigenvalue weighted by Crippen LogP contribution is -2.37. The van der Waals surface area contributed by atoms with Gasteiger partial charge in [0.2, 0.25) is 10.0 Å². The van der Waals surface area contributed by atoms with Crippen LogP contribution in [0.15, 0.2) is 18.5 Å². The van der Waals surface area contributed by atoms with E-state index in [1.807, 2.05) is 23.9 Å². The molecule has 2 N–H and O–H groups in total.